The summed E-state index contributed by atoms with van der Waals surface area (Å²) < 4.78 is 12.3. The fraction of sp³-hybridized carbons (Fsp3) is 0.0769. The van der Waals surface area contributed by atoms with E-state index in [2.05, 4.69) is 44.4 Å². The van der Waals surface area contributed by atoms with Gasteiger partial charge in [0.1, 0.15) is 11.3 Å². The van der Waals surface area contributed by atoms with E-state index in [1.54, 1.807) is 19.2 Å². The third kappa shape index (κ3) is 3.63. The van der Waals surface area contributed by atoms with Crippen molar-refractivity contribution >= 4 is 49.4 Å². The molecule has 1 heterocycles. The van der Waals surface area contributed by atoms with E-state index in [1.165, 1.54) is 0 Å². The van der Waals surface area contributed by atoms with Crippen LogP contribution in [0.3, 0.4) is 0 Å². The highest BCUT2D eigenvalue weighted by Gasteiger charge is 2.17. The molecule has 5 rings (SSSR count). The summed E-state index contributed by atoms with van der Waals surface area (Å²) in [6.45, 7) is 1.90. The van der Waals surface area contributed by atoms with E-state index in [0.717, 1.165) is 26.4 Å². The van der Waals surface area contributed by atoms with E-state index in [0.29, 0.717) is 34.0 Å². The third-order valence-corrected chi connectivity index (χ3v) is 5.81. The number of nitrogens with one attached hydrogen (secondary N) is 1. The molecule has 4 aromatic carbocycles. The van der Waals surface area contributed by atoms with Gasteiger partial charge in [0.15, 0.2) is 5.58 Å². The van der Waals surface area contributed by atoms with Gasteiger partial charge in [0, 0.05) is 15.7 Å². The van der Waals surface area contributed by atoms with Crippen LogP contribution in [0.5, 0.6) is 5.75 Å². The van der Waals surface area contributed by atoms with Gasteiger partial charge in [-0.2, -0.15) is 0 Å². The molecular formula is C26H19BrN2O3. The van der Waals surface area contributed by atoms with Gasteiger partial charge in [-0.15, -0.1) is 0 Å². The first kappa shape index (κ1) is 20.3. The number of amides is 1. The minimum atomic E-state index is -0.261. The quantitative estimate of drug-likeness (QED) is 0.297. The van der Waals surface area contributed by atoms with E-state index in [9.17, 15) is 4.79 Å². The summed E-state index contributed by atoms with van der Waals surface area (Å²) in [5.74, 6) is 0.833. The average Bonchev–Trinajstić information content (AvgIpc) is 3.21. The number of nitrogens with zero attached hydrogens (tertiary/aromatic N) is 1. The predicted octanol–water partition coefficient (Wildman–Crippen LogP) is 6.98. The van der Waals surface area contributed by atoms with Crippen molar-refractivity contribution in [1.29, 1.82) is 0 Å². The van der Waals surface area contributed by atoms with Crippen LogP contribution in [-0.4, -0.2) is 18.0 Å². The zero-order valence-corrected chi connectivity index (χ0v) is 19.1. The van der Waals surface area contributed by atoms with Crippen LogP contribution in [0.4, 0.5) is 5.69 Å². The second kappa shape index (κ2) is 8.13. The van der Waals surface area contributed by atoms with Crippen molar-refractivity contribution in [2.24, 2.45) is 0 Å². The Morgan fingerprint density at radius 2 is 1.84 bits per heavy atom. The van der Waals surface area contributed by atoms with Gasteiger partial charge in [-0.3, -0.25) is 4.79 Å². The van der Waals surface area contributed by atoms with Crippen LogP contribution >= 0.6 is 15.9 Å². The fourth-order valence-corrected chi connectivity index (χ4v) is 4.47. The minimum absolute atomic E-state index is 0.261. The molecule has 5 aromatic rings. The van der Waals surface area contributed by atoms with E-state index >= 15 is 0 Å². The van der Waals surface area contributed by atoms with Crippen molar-refractivity contribution in [3.05, 3.63) is 88.4 Å². The van der Waals surface area contributed by atoms with Crippen molar-refractivity contribution < 1.29 is 13.9 Å². The molecule has 0 aliphatic heterocycles. The Kier molecular flexibility index (Phi) is 5.15. The van der Waals surface area contributed by atoms with Gasteiger partial charge < -0.3 is 14.5 Å². The highest BCUT2D eigenvalue weighted by molar-refractivity contribution is 9.10. The molecule has 1 aromatic heterocycles. The predicted molar refractivity (Wildman–Crippen MR) is 130 cm³/mol. The summed E-state index contributed by atoms with van der Waals surface area (Å²) in [6, 6.07) is 23.3. The molecule has 0 radical (unpaired) electrons. The monoisotopic (exact) mass is 486 g/mol. The molecular weight excluding hydrogens is 468 g/mol. The lowest BCUT2D eigenvalue weighted by Crippen LogP contribution is -2.13. The number of carbonyl (C=O) groups is 1. The second-order valence-corrected chi connectivity index (χ2v) is 8.40. The highest BCUT2D eigenvalue weighted by Crippen LogP contribution is 2.32. The third-order valence-electron chi connectivity index (χ3n) is 5.35. The van der Waals surface area contributed by atoms with E-state index in [1.807, 2.05) is 49.4 Å². The molecule has 1 N–H and O–H groups in total. The largest absolute Gasteiger partial charge is 0.496 e. The summed E-state index contributed by atoms with van der Waals surface area (Å²) in [5.41, 5.74) is 4.21. The average molecular weight is 487 g/mol. The second-order valence-electron chi connectivity index (χ2n) is 7.49. The molecule has 0 aliphatic rings. The summed E-state index contributed by atoms with van der Waals surface area (Å²) in [4.78, 5) is 17.6. The zero-order chi connectivity index (χ0) is 22.2. The topological polar surface area (TPSA) is 64.4 Å². The SMILES string of the molecule is COc1c(C)cc(Br)cc1C(=O)Nc1ccc2oc(-c3cccc4ccccc34)nc2c1. The molecule has 0 unspecified atom stereocenters. The Hall–Kier alpha value is -3.64. The number of fused-ring (bicyclic) bond motifs is 2. The minimum Gasteiger partial charge on any atom is -0.496 e. The van der Waals surface area contributed by atoms with Gasteiger partial charge >= 0.3 is 0 Å². The number of anilines is 1. The molecule has 5 nitrogen and oxygen atoms in total. The van der Waals surface area contributed by atoms with Crippen molar-refractivity contribution in [3.8, 4) is 17.2 Å². The maximum Gasteiger partial charge on any atom is 0.259 e. The summed E-state index contributed by atoms with van der Waals surface area (Å²) >= 11 is 3.45. The highest BCUT2D eigenvalue weighted by atomic mass is 79.9. The smallest absolute Gasteiger partial charge is 0.259 e. The summed E-state index contributed by atoms with van der Waals surface area (Å²) in [6.07, 6.45) is 0. The van der Waals surface area contributed by atoms with Gasteiger partial charge in [-0.25, -0.2) is 4.98 Å². The number of halogens is 1. The van der Waals surface area contributed by atoms with Crippen molar-refractivity contribution in [3.63, 3.8) is 0 Å². The van der Waals surface area contributed by atoms with Crippen LogP contribution in [0.25, 0.3) is 33.3 Å². The van der Waals surface area contributed by atoms with Crippen molar-refractivity contribution in [2.75, 3.05) is 12.4 Å². The number of aromatic nitrogens is 1. The lowest BCUT2D eigenvalue weighted by atomic mass is 10.0. The van der Waals surface area contributed by atoms with Crippen molar-refractivity contribution in [2.45, 2.75) is 6.92 Å². The molecule has 0 saturated heterocycles. The molecule has 0 saturated carbocycles. The van der Waals surface area contributed by atoms with Gasteiger partial charge in [0.2, 0.25) is 5.89 Å². The first-order valence-electron chi connectivity index (χ1n) is 10.1. The number of aryl methyl sites for hydroxylation is 1. The Morgan fingerprint density at radius 1 is 1.03 bits per heavy atom. The van der Waals surface area contributed by atoms with Gasteiger partial charge in [0.05, 0.1) is 12.7 Å². The maximum absolute atomic E-state index is 13.0. The standard InChI is InChI=1S/C26H19BrN2O3/c1-15-12-17(27)13-21(24(15)31-2)25(30)28-18-10-11-23-22(14-18)29-26(32-23)20-9-5-7-16-6-3-4-8-19(16)20/h3-14H,1-2H3,(H,28,30). The van der Waals surface area contributed by atoms with E-state index in [4.69, 9.17) is 9.15 Å². The molecule has 1 amide bonds. The molecule has 0 atom stereocenters. The number of methoxy groups -OCH3 is 1. The van der Waals surface area contributed by atoms with Crippen LogP contribution in [0, 0.1) is 6.92 Å². The molecule has 6 heteroatoms. The lowest BCUT2D eigenvalue weighted by molar-refractivity contribution is 0.102. The van der Waals surface area contributed by atoms with Crippen LogP contribution in [0.15, 0.2) is 81.7 Å². The Labute approximate surface area is 193 Å². The fourth-order valence-electron chi connectivity index (χ4n) is 3.90. The number of hydrogen-bond acceptors (Lipinski definition) is 4. The van der Waals surface area contributed by atoms with Crippen LogP contribution in [0.2, 0.25) is 0 Å². The number of hydrogen-bond donors (Lipinski definition) is 1. The Balaban J connectivity index is 1.49. The van der Waals surface area contributed by atoms with E-state index < -0.39 is 0 Å². The number of carbonyl (C=O) groups excluding carboxylic acids is 1. The molecule has 158 valence electrons. The van der Waals surface area contributed by atoms with Crippen LogP contribution < -0.4 is 10.1 Å². The van der Waals surface area contributed by atoms with Crippen molar-refractivity contribution in [1.82, 2.24) is 4.98 Å². The van der Waals surface area contributed by atoms with Gasteiger partial charge in [-0.1, -0.05) is 52.3 Å². The number of oxazole rings is 1. The lowest BCUT2D eigenvalue weighted by Gasteiger charge is -2.12. The Bertz CT molecular complexity index is 1480. The summed E-state index contributed by atoms with van der Waals surface area (Å²) in [5, 5.41) is 5.14. The molecule has 0 bridgehead atoms. The number of ether oxygens (including phenoxy) is 1. The number of benzene rings is 4. The number of rotatable bonds is 4. The van der Waals surface area contributed by atoms with Gasteiger partial charge in [0.25, 0.3) is 5.91 Å². The maximum atomic E-state index is 13.0. The molecule has 0 spiro atoms. The molecule has 0 fully saturated rings. The first-order valence-corrected chi connectivity index (χ1v) is 10.9. The first-order chi connectivity index (χ1) is 15.5. The zero-order valence-electron chi connectivity index (χ0n) is 17.5. The van der Waals surface area contributed by atoms with Crippen LogP contribution in [-0.2, 0) is 0 Å². The Morgan fingerprint density at radius 3 is 2.69 bits per heavy atom. The summed E-state index contributed by atoms with van der Waals surface area (Å²) in [7, 11) is 1.56. The van der Waals surface area contributed by atoms with E-state index in [-0.39, 0.29) is 5.91 Å². The van der Waals surface area contributed by atoms with Gasteiger partial charge in [-0.05, 0) is 59.7 Å². The van der Waals surface area contributed by atoms with Crippen LogP contribution in [0.1, 0.15) is 15.9 Å². The normalized spacial score (nSPS) is 11.1. The molecule has 32 heavy (non-hydrogen) atoms. The molecule has 0 aliphatic carbocycles.